The molecule has 3 rings (SSSR count). The van der Waals surface area contributed by atoms with Crippen molar-refractivity contribution < 1.29 is 18.7 Å². The first-order valence-electron chi connectivity index (χ1n) is 8.67. The minimum atomic E-state index is -1.12. The molecule has 2 aromatic rings. The molecule has 1 aromatic carbocycles. The number of carbonyl (C=O) groups is 2. The van der Waals surface area contributed by atoms with Crippen LogP contribution in [-0.4, -0.2) is 77.7 Å². The number of amides is 3. The van der Waals surface area contributed by atoms with Crippen LogP contribution >= 0.6 is 0 Å². The van der Waals surface area contributed by atoms with Crippen molar-refractivity contribution in [1.82, 2.24) is 25.1 Å². The zero-order valence-corrected chi connectivity index (χ0v) is 15.3. The van der Waals surface area contributed by atoms with Crippen LogP contribution in [0.25, 0.3) is 10.9 Å². The van der Waals surface area contributed by atoms with Gasteiger partial charge in [-0.15, -0.1) is 0 Å². The Bertz CT molecular complexity index is 826. The molecule has 3 amide bonds. The third kappa shape index (κ3) is 4.42. The van der Waals surface area contributed by atoms with Gasteiger partial charge in [-0.3, -0.25) is 4.79 Å². The Kier molecular flexibility index (Phi) is 5.68. The maximum Gasteiger partial charge on any atom is 0.316 e. The average molecular weight is 375 g/mol. The van der Waals surface area contributed by atoms with E-state index in [4.69, 9.17) is 4.74 Å². The minimum Gasteiger partial charge on any atom is -0.467 e. The second-order valence-electron chi connectivity index (χ2n) is 6.60. The predicted molar refractivity (Wildman–Crippen MR) is 97.1 cm³/mol. The number of likely N-dealkylation sites (tertiary alicyclic amines) is 1. The van der Waals surface area contributed by atoms with Gasteiger partial charge in [0.1, 0.15) is 12.5 Å². The molecule has 9 heteroatoms. The lowest BCUT2D eigenvalue weighted by Gasteiger charge is -2.25. The van der Waals surface area contributed by atoms with Gasteiger partial charge in [0.2, 0.25) is 5.88 Å². The van der Waals surface area contributed by atoms with Crippen LogP contribution < -0.4 is 10.1 Å². The quantitative estimate of drug-likeness (QED) is 0.849. The molecule has 1 N–H and O–H groups in total. The Balaban J connectivity index is 1.62. The fourth-order valence-electron chi connectivity index (χ4n) is 3.03. The highest BCUT2D eigenvalue weighted by Crippen LogP contribution is 2.22. The maximum atomic E-state index is 13.9. The van der Waals surface area contributed by atoms with E-state index >= 15 is 0 Å². The molecular weight excluding hydrogens is 353 g/mol. The fraction of sp³-hybridized carbons (Fsp3) is 0.444. The standard InChI is InChI=1S/C18H22FN5O3/c1-23(2)18(26)20-8-13-7-12(19)9-24(13)16(25)10-27-17-14-5-3-4-6-15(14)21-11-22-17/h3-6,11-13H,7-10H2,1-2H3,(H,20,26). The Morgan fingerprint density at radius 3 is 2.89 bits per heavy atom. The van der Waals surface area contributed by atoms with Crippen LogP contribution in [0, 0.1) is 0 Å². The van der Waals surface area contributed by atoms with Crippen molar-refractivity contribution in [1.29, 1.82) is 0 Å². The smallest absolute Gasteiger partial charge is 0.316 e. The highest BCUT2D eigenvalue weighted by Gasteiger charge is 2.35. The van der Waals surface area contributed by atoms with Gasteiger partial charge in [-0.05, 0) is 12.1 Å². The van der Waals surface area contributed by atoms with E-state index in [1.807, 2.05) is 24.3 Å². The Hall–Kier alpha value is -2.97. The third-order valence-electron chi connectivity index (χ3n) is 4.42. The van der Waals surface area contributed by atoms with Crippen LogP contribution in [0.4, 0.5) is 9.18 Å². The average Bonchev–Trinajstić information content (AvgIpc) is 3.04. The van der Waals surface area contributed by atoms with Gasteiger partial charge in [-0.2, -0.15) is 0 Å². The lowest BCUT2D eigenvalue weighted by atomic mass is 10.2. The Labute approximate surface area is 156 Å². The molecule has 0 aliphatic carbocycles. The number of nitrogens with one attached hydrogen (secondary N) is 1. The largest absolute Gasteiger partial charge is 0.467 e. The number of benzene rings is 1. The topological polar surface area (TPSA) is 87.7 Å². The zero-order chi connectivity index (χ0) is 19.4. The van der Waals surface area contributed by atoms with Crippen LogP contribution in [-0.2, 0) is 4.79 Å². The molecule has 1 aliphatic rings. The normalized spacial score (nSPS) is 19.1. The molecule has 2 atom stereocenters. The van der Waals surface area contributed by atoms with Crippen LogP contribution in [0.5, 0.6) is 5.88 Å². The summed E-state index contributed by atoms with van der Waals surface area (Å²) in [6.07, 6.45) is 0.445. The van der Waals surface area contributed by atoms with E-state index in [1.54, 1.807) is 14.1 Å². The summed E-state index contributed by atoms with van der Waals surface area (Å²) >= 11 is 0. The molecule has 1 aliphatic heterocycles. The Morgan fingerprint density at radius 2 is 2.11 bits per heavy atom. The lowest BCUT2D eigenvalue weighted by molar-refractivity contribution is -0.134. The van der Waals surface area contributed by atoms with Gasteiger partial charge in [-0.1, -0.05) is 12.1 Å². The van der Waals surface area contributed by atoms with Crippen molar-refractivity contribution in [3.05, 3.63) is 30.6 Å². The summed E-state index contributed by atoms with van der Waals surface area (Å²) in [4.78, 5) is 35.3. The summed E-state index contributed by atoms with van der Waals surface area (Å²) in [5.41, 5.74) is 0.712. The van der Waals surface area contributed by atoms with Crippen LogP contribution in [0.15, 0.2) is 30.6 Å². The molecule has 27 heavy (non-hydrogen) atoms. The van der Waals surface area contributed by atoms with Crippen LogP contribution in [0.3, 0.4) is 0 Å². The summed E-state index contributed by atoms with van der Waals surface area (Å²) < 4.78 is 19.4. The summed E-state index contributed by atoms with van der Waals surface area (Å²) in [6.45, 7) is -0.0688. The van der Waals surface area contributed by atoms with Gasteiger partial charge >= 0.3 is 6.03 Å². The predicted octanol–water partition coefficient (Wildman–Crippen LogP) is 1.22. The molecule has 8 nitrogen and oxygen atoms in total. The summed E-state index contributed by atoms with van der Waals surface area (Å²) in [5, 5.41) is 3.39. The van der Waals surface area contributed by atoms with E-state index in [1.165, 1.54) is 16.1 Å². The van der Waals surface area contributed by atoms with E-state index < -0.39 is 12.2 Å². The lowest BCUT2D eigenvalue weighted by Crippen LogP contribution is -2.46. The molecule has 2 heterocycles. The highest BCUT2D eigenvalue weighted by molar-refractivity contribution is 5.84. The van der Waals surface area contributed by atoms with Crippen molar-refractivity contribution in [3.63, 3.8) is 0 Å². The first-order valence-corrected chi connectivity index (χ1v) is 8.67. The Morgan fingerprint density at radius 1 is 1.33 bits per heavy atom. The number of carbonyl (C=O) groups excluding carboxylic acids is 2. The van der Waals surface area contributed by atoms with Gasteiger partial charge in [0.15, 0.2) is 6.61 Å². The van der Waals surface area contributed by atoms with Gasteiger partial charge in [0.05, 0.1) is 23.5 Å². The summed E-state index contributed by atoms with van der Waals surface area (Å²) in [7, 11) is 3.23. The number of fused-ring (bicyclic) bond motifs is 1. The number of halogens is 1. The zero-order valence-electron chi connectivity index (χ0n) is 15.3. The number of hydrogen-bond acceptors (Lipinski definition) is 5. The number of nitrogens with zero attached hydrogens (tertiary/aromatic N) is 4. The minimum absolute atomic E-state index is 0.00475. The molecule has 144 valence electrons. The first-order chi connectivity index (χ1) is 13.0. The van der Waals surface area contributed by atoms with Gasteiger partial charge in [-0.25, -0.2) is 19.2 Å². The molecule has 1 aromatic heterocycles. The van der Waals surface area contributed by atoms with Crippen molar-refractivity contribution in [2.45, 2.75) is 18.6 Å². The number of aromatic nitrogens is 2. The van der Waals surface area contributed by atoms with E-state index in [0.29, 0.717) is 16.8 Å². The van der Waals surface area contributed by atoms with Crippen LogP contribution in [0.2, 0.25) is 0 Å². The van der Waals surface area contributed by atoms with E-state index in [9.17, 15) is 14.0 Å². The SMILES string of the molecule is CN(C)C(=O)NCC1CC(F)CN1C(=O)COc1ncnc2ccccc12. The van der Waals surface area contributed by atoms with E-state index in [-0.39, 0.29) is 38.1 Å². The van der Waals surface area contributed by atoms with Crippen molar-refractivity contribution in [3.8, 4) is 5.88 Å². The van der Waals surface area contributed by atoms with Crippen LogP contribution in [0.1, 0.15) is 6.42 Å². The van der Waals surface area contributed by atoms with Crippen molar-refractivity contribution in [2.75, 3.05) is 33.8 Å². The molecule has 2 unspecified atom stereocenters. The number of rotatable bonds is 5. The number of para-hydroxylation sites is 1. The second-order valence-corrected chi connectivity index (χ2v) is 6.60. The number of ether oxygens (including phenoxy) is 1. The number of hydrogen-bond donors (Lipinski definition) is 1. The first kappa shape index (κ1) is 18.8. The van der Waals surface area contributed by atoms with Crippen molar-refractivity contribution in [2.24, 2.45) is 0 Å². The molecule has 0 spiro atoms. The molecule has 0 saturated carbocycles. The van der Waals surface area contributed by atoms with E-state index in [0.717, 1.165) is 0 Å². The van der Waals surface area contributed by atoms with Gasteiger partial charge < -0.3 is 19.9 Å². The highest BCUT2D eigenvalue weighted by atomic mass is 19.1. The fourth-order valence-corrected chi connectivity index (χ4v) is 3.03. The molecule has 0 bridgehead atoms. The van der Waals surface area contributed by atoms with Crippen molar-refractivity contribution >= 4 is 22.8 Å². The monoisotopic (exact) mass is 375 g/mol. The van der Waals surface area contributed by atoms with Gasteiger partial charge in [0.25, 0.3) is 5.91 Å². The number of alkyl halides is 1. The molecular formula is C18H22FN5O3. The third-order valence-corrected chi connectivity index (χ3v) is 4.42. The molecule has 1 fully saturated rings. The summed E-state index contributed by atoms with van der Waals surface area (Å²) in [5.74, 6) is -0.0376. The number of urea groups is 1. The molecule has 1 saturated heterocycles. The second kappa shape index (κ2) is 8.15. The van der Waals surface area contributed by atoms with E-state index in [2.05, 4.69) is 15.3 Å². The molecule has 0 radical (unpaired) electrons. The van der Waals surface area contributed by atoms with Gasteiger partial charge in [0, 0.05) is 27.1 Å². The summed E-state index contributed by atoms with van der Waals surface area (Å²) in [6, 6.07) is 6.63. The maximum absolute atomic E-state index is 13.9.